The molecule has 0 radical (unpaired) electrons. The van der Waals surface area contributed by atoms with Gasteiger partial charge < -0.3 is 9.84 Å². The number of hydrogen-bond acceptors (Lipinski definition) is 4. The van der Waals surface area contributed by atoms with Gasteiger partial charge in [0, 0.05) is 18.4 Å². The van der Waals surface area contributed by atoms with Crippen molar-refractivity contribution in [1.29, 1.82) is 0 Å². The fourth-order valence-electron chi connectivity index (χ4n) is 9.48. The van der Waals surface area contributed by atoms with Crippen molar-refractivity contribution in [2.75, 3.05) is 13.7 Å². The molecule has 5 nitrogen and oxygen atoms in total. The van der Waals surface area contributed by atoms with Gasteiger partial charge in [-0.05, 0) is 112 Å². The summed E-state index contributed by atoms with van der Waals surface area (Å²) in [6.07, 6.45) is 12.0. The summed E-state index contributed by atoms with van der Waals surface area (Å²) >= 11 is 0. The van der Waals surface area contributed by atoms with E-state index >= 15 is 0 Å². The summed E-state index contributed by atoms with van der Waals surface area (Å²) in [5.74, 6) is 4.16. The third-order valence-corrected chi connectivity index (χ3v) is 11.0. The van der Waals surface area contributed by atoms with Crippen LogP contribution in [0.3, 0.4) is 0 Å². The number of aliphatic hydroxyl groups is 1. The number of rotatable bonds is 5. The summed E-state index contributed by atoms with van der Waals surface area (Å²) in [6, 6.07) is 6.36. The summed E-state index contributed by atoms with van der Waals surface area (Å²) in [5.41, 5.74) is 1.81. The Labute approximate surface area is 209 Å². The van der Waals surface area contributed by atoms with Gasteiger partial charge in [0.15, 0.2) is 5.78 Å². The number of aryl methyl sites for hydroxylation is 1. The molecule has 1 aromatic heterocycles. The van der Waals surface area contributed by atoms with Crippen LogP contribution in [0.5, 0.6) is 0 Å². The number of ether oxygens (including phenoxy) is 1. The van der Waals surface area contributed by atoms with Gasteiger partial charge in [0.25, 0.3) is 0 Å². The lowest BCUT2D eigenvalue weighted by molar-refractivity contribution is -0.136. The number of Topliss-reactive ketones (excluding diaryl/α,β-unsaturated/α-hetero) is 1. The highest BCUT2D eigenvalue weighted by Gasteiger charge is 2.59. The smallest absolute Gasteiger partial charge is 0.157 e. The molecular formula is C30H42N2O3. The quantitative estimate of drug-likeness (QED) is 0.611. The fraction of sp³-hybridized carbons (Fsp3) is 0.733. The minimum atomic E-state index is -0.619. The van der Waals surface area contributed by atoms with E-state index in [4.69, 9.17) is 4.74 Å². The molecule has 4 saturated carbocycles. The predicted octanol–water partition coefficient (Wildman–Crippen LogP) is 5.56. The first-order valence-electron chi connectivity index (χ1n) is 14.0. The number of ketones is 1. The molecule has 190 valence electrons. The molecule has 4 aliphatic rings. The van der Waals surface area contributed by atoms with Crippen molar-refractivity contribution in [2.45, 2.75) is 83.8 Å². The topological polar surface area (TPSA) is 64.3 Å². The molecule has 0 bridgehead atoms. The summed E-state index contributed by atoms with van der Waals surface area (Å²) in [6.45, 7) is 5.41. The number of nitrogens with zero attached hydrogens (tertiary/aromatic N) is 2. The number of hydrogen-bond donors (Lipinski definition) is 1. The van der Waals surface area contributed by atoms with Crippen molar-refractivity contribution in [3.63, 3.8) is 0 Å². The average molecular weight is 479 g/mol. The molecule has 0 aliphatic heterocycles. The first kappa shape index (κ1) is 23.7. The second-order valence-electron chi connectivity index (χ2n) is 12.8. The Bertz CT molecular complexity index is 1110. The summed E-state index contributed by atoms with van der Waals surface area (Å²) in [4.78, 5) is 13.7. The highest BCUT2D eigenvalue weighted by atomic mass is 16.5. The molecule has 4 aliphatic carbocycles. The Hall–Kier alpha value is -1.72. The van der Waals surface area contributed by atoms with E-state index in [2.05, 4.69) is 37.1 Å². The lowest BCUT2D eigenvalue weighted by Crippen LogP contribution is -2.52. The molecule has 5 heteroatoms. The zero-order valence-corrected chi connectivity index (χ0v) is 21.7. The predicted molar refractivity (Wildman–Crippen MR) is 137 cm³/mol. The standard InChI is InChI=1S/C30H42N2O3/c1-19-4-9-27-21(14-19)16-31-32(27)17-28(33)26-8-7-25-24-6-5-20-15-30(34,18-35-3)13-11-22(20)23(24)10-12-29(25,26)2/h4,9,14,16,20,22-26,34H,5-8,10-13,15,17-18H2,1-3H3/t20-,22+,23-,24-,25+,26-,29+,30-/m1/s1. The summed E-state index contributed by atoms with van der Waals surface area (Å²) < 4.78 is 7.28. The molecule has 0 amide bonds. The molecular weight excluding hydrogens is 436 g/mol. The first-order chi connectivity index (χ1) is 16.8. The normalized spacial score (nSPS) is 40.8. The molecule has 2 aromatic rings. The highest BCUT2D eigenvalue weighted by molar-refractivity contribution is 5.85. The Morgan fingerprint density at radius 1 is 1.11 bits per heavy atom. The van der Waals surface area contributed by atoms with E-state index in [1.165, 1.54) is 37.7 Å². The highest BCUT2D eigenvalue weighted by Crippen LogP contribution is 2.64. The van der Waals surface area contributed by atoms with Crippen LogP contribution in [0.4, 0.5) is 0 Å². The lowest BCUT2D eigenvalue weighted by atomic mass is 9.49. The van der Waals surface area contributed by atoms with Crippen molar-refractivity contribution < 1.29 is 14.6 Å². The third kappa shape index (κ3) is 3.89. The average Bonchev–Trinajstić information content (AvgIpc) is 3.38. The van der Waals surface area contributed by atoms with E-state index in [1.807, 2.05) is 10.9 Å². The summed E-state index contributed by atoms with van der Waals surface area (Å²) in [5, 5.41) is 16.7. The molecule has 35 heavy (non-hydrogen) atoms. The van der Waals surface area contributed by atoms with E-state index < -0.39 is 5.60 Å². The van der Waals surface area contributed by atoms with Crippen LogP contribution in [-0.4, -0.2) is 40.0 Å². The monoisotopic (exact) mass is 478 g/mol. The SMILES string of the molecule is COC[C@@]1(O)CC[C@H]2[C@H](CC[C@@H]3[C@@H]2CC[C@]2(C)[C@@H](C(=O)Cn4ncc5cc(C)ccc54)CC[C@@H]32)C1. The Balaban J connectivity index is 1.17. The number of methoxy groups -OCH3 is 1. The van der Waals surface area contributed by atoms with E-state index in [0.29, 0.717) is 30.8 Å². The van der Waals surface area contributed by atoms with Crippen LogP contribution in [0, 0.1) is 47.8 Å². The van der Waals surface area contributed by atoms with Crippen LogP contribution in [0.2, 0.25) is 0 Å². The second kappa shape index (κ2) is 8.69. The van der Waals surface area contributed by atoms with Crippen LogP contribution in [0.15, 0.2) is 24.4 Å². The Morgan fingerprint density at radius 2 is 1.94 bits per heavy atom. The number of aromatic nitrogens is 2. The van der Waals surface area contributed by atoms with Gasteiger partial charge in [-0.3, -0.25) is 9.48 Å². The fourth-order valence-corrected chi connectivity index (χ4v) is 9.48. The second-order valence-corrected chi connectivity index (χ2v) is 12.8. The summed E-state index contributed by atoms with van der Waals surface area (Å²) in [7, 11) is 1.70. The van der Waals surface area contributed by atoms with Crippen molar-refractivity contribution in [3.05, 3.63) is 30.0 Å². The van der Waals surface area contributed by atoms with Gasteiger partial charge >= 0.3 is 0 Å². The zero-order valence-electron chi connectivity index (χ0n) is 21.7. The van der Waals surface area contributed by atoms with Crippen molar-refractivity contribution in [1.82, 2.24) is 9.78 Å². The lowest BCUT2D eigenvalue weighted by Gasteiger charge is -2.57. The number of carbonyl (C=O) groups is 1. The van der Waals surface area contributed by atoms with Crippen LogP contribution in [0.1, 0.15) is 70.3 Å². The minimum absolute atomic E-state index is 0.135. The van der Waals surface area contributed by atoms with Crippen LogP contribution >= 0.6 is 0 Å². The van der Waals surface area contributed by atoms with Gasteiger partial charge in [-0.25, -0.2) is 0 Å². The molecule has 1 aromatic carbocycles. The number of carbonyl (C=O) groups excluding carboxylic acids is 1. The van der Waals surface area contributed by atoms with Crippen LogP contribution < -0.4 is 0 Å². The van der Waals surface area contributed by atoms with Gasteiger partial charge in [-0.2, -0.15) is 5.10 Å². The van der Waals surface area contributed by atoms with E-state index in [-0.39, 0.29) is 11.3 Å². The van der Waals surface area contributed by atoms with Crippen molar-refractivity contribution in [3.8, 4) is 0 Å². The van der Waals surface area contributed by atoms with Gasteiger partial charge in [0.1, 0.15) is 6.54 Å². The van der Waals surface area contributed by atoms with Gasteiger partial charge in [0.2, 0.25) is 0 Å². The molecule has 0 saturated heterocycles. The maximum atomic E-state index is 13.7. The number of fused-ring (bicyclic) bond motifs is 6. The minimum Gasteiger partial charge on any atom is -0.387 e. The van der Waals surface area contributed by atoms with E-state index in [1.54, 1.807) is 7.11 Å². The van der Waals surface area contributed by atoms with Crippen LogP contribution in [0.25, 0.3) is 10.9 Å². The molecule has 8 atom stereocenters. The van der Waals surface area contributed by atoms with Gasteiger partial charge in [0.05, 0.1) is 23.9 Å². The Morgan fingerprint density at radius 3 is 2.77 bits per heavy atom. The van der Waals surface area contributed by atoms with E-state index in [0.717, 1.165) is 54.3 Å². The molecule has 1 N–H and O–H groups in total. The molecule has 0 unspecified atom stereocenters. The maximum Gasteiger partial charge on any atom is 0.157 e. The molecule has 4 fully saturated rings. The van der Waals surface area contributed by atoms with Gasteiger partial charge in [-0.1, -0.05) is 18.6 Å². The van der Waals surface area contributed by atoms with Crippen molar-refractivity contribution >= 4 is 16.7 Å². The molecule has 6 rings (SSSR count). The third-order valence-electron chi connectivity index (χ3n) is 11.0. The van der Waals surface area contributed by atoms with Crippen molar-refractivity contribution in [2.24, 2.45) is 40.9 Å². The zero-order chi connectivity index (χ0) is 24.4. The largest absolute Gasteiger partial charge is 0.387 e. The van der Waals surface area contributed by atoms with Gasteiger partial charge in [-0.15, -0.1) is 0 Å². The molecule has 1 heterocycles. The molecule has 0 spiro atoms. The Kier molecular flexibility index (Phi) is 5.88. The van der Waals surface area contributed by atoms with Crippen LogP contribution in [-0.2, 0) is 16.1 Å². The maximum absolute atomic E-state index is 13.7. The van der Waals surface area contributed by atoms with E-state index in [9.17, 15) is 9.90 Å². The number of benzene rings is 1. The first-order valence-corrected chi connectivity index (χ1v) is 14.0.